The van der Waals surface area contributed by atoms with Crippen molar-refractivity contribution in [1.82, 2.24) is 9.88 Å². The molecule has 6 heteroatoms. The first-order chi connectivity index (χ1) is 11.6. The maximum atomic E-state index is 9.68. The molecule has 6 nitrogen and oxygen atoms in total. The fourth-order valence-corrected chi connectivity index (χ4v) is 2.35. The van der Waals surface area contributed by atoms with Crippen LogP contribution in [0.5, 0.6) is 5.88 Å². The van der Waals surface area contributed by atoms with Crippen LogP contribution in [0.3, 0.4) is 0 Å². The Hall–Kier alpha value is -2.44. The molecule has 0 fully saturated rings. The maximum absolute atomic E-state index is 9.68. The summed E-state index contributed by atoms with van der Waals surface area (Å²) in [6.45, 7) is 3.10. The first-order valence-corrected chi connectivity index (χ1v) is 7.60. The summed E-state index contributed by atoms with van der Waals surface area (Å²) in [6, 6.07) is 10.0. The summed E-state index contributed by atoms with van der Waals surface area (Å²) < 4.78 is 5.58. The molecule has 0 aliphatic heterocycles. The zero-order valence-corrected chi connectivity index (χ0v) is 14.3. The Morgan fingerprint density at radius 3 is 2.54 bits per heavy atom. The van der Waals surface area contributed by atoms with Crippen LogP contribution < -0.4 is 4.74 Å². The minimum atomic E-state index is -0.250. The van der Waals surface area contributed by atoms with Gasteiger partial charge in [0.15, 0.2) is 0 Å². The van der Waals surface area contributed by atoms with E-state index in [1.54, 1.807) is 6.20 Å². The summed E-state index contributed by atoms with van der Waals surface area (Å²) in [5.41, 5.74) is 3.95. The number of aromatic nitrogens is 1. The molecule has 2 aromatic rings. The van der Waals surface area contributed by atoms with Crippen LogP contribution in [0.1, 0.15) is 18.1 Å². The highest BCUT2D eigenvalue weighted by Gasteiger charge is 2.12. The van der Waals surface area contributed by atoms with E-state index in [9.17, 15) is 5.11 Å². The molecule has 130 valence electrons. The number of pyridine rings is 1. The number of benzene rings is 1. The van der Waals surface area contributed by atoms with E-state index in [1.807, 2.05) is 45.3 Å². The van der Waals surface area contributed by atoms with Crippen LogP contribution in [-0.2, 0) is 17.9 Å². The zero-order chi connectivity index (χ0) is 17.9. The topological polar surface area (TPSA) is 82.9 Å². The summed E-state index contributed by atoms with van der Waals surface area (Å²) in [5.74, 6) is 0.607. The van der Waals surface area contributed by atoms with Crippen molar-refractivity contribution in [3.05, 3.63) is 47.7 Å². The smallest absolute Gasteiger partial charge is 0.290 e. The highest BCUT2D eigenvalue weighted by Crippen LogP contribution is 2.31. The quantitative estimate of drug-likeness (QED) is 0.791. The number of rotatable bonds is 6. The number of carboxylic acid groups (broad SMARTS) is 1. The second-order valence-corrected chi connectivity index (χ2v) is 5.28. The molecule has 2 N–H and O–H groups in total. The lowest BCUT2D eigenvalue weighted by Crippen LogP contribution is -2.11. The molecule has 24 heavy (non-hydrogen) atoms. The van der Waals surface area contributed by atoms with Gasteiger partial charge in [0.25, 0.3) is 6.47 Å². The van der Waals surface area contributed by atoms with Gasteiger partial charge in [-0.2, -0.15) is 0 Å². The fraction of sp³-hybridized carbons (Fsp3) is 0.333. The molecule has 0 aliphatic rings. The molecule has 0 spiro atoms. The number of carbonyl (C=O) groups is 1. The molecule has 0 aliphatic carbocycles. The van der Waals surface area contributed by atoms with Gasteiger partial charge in [-0.1, -0.05) is 18.2 Å². The van der Waals surface area contributed by atoms with Crippen LogP contribution in [0.25, 0.3) is 11.1 Å². The van der Waals surface area contributed by atoms with E-state index in [0.29, 0.717) is 12.5 Å². The second-order valence-electron chi connectivity index (χ2n) is 5.28. The molecular formula is C18H24N2O4. The van der Waals surface area contributed by atoms with E-state index >= 15 is 0 Å². The van der Waals surface area contributed by atoms with Gasteiger partial charge in [0.2, 0.25) is 5.88 Å². The highest BCUT2D eigenvalue weighted by atomic mass is 16.5. The van der Waals surface area contributed by atoms with Crippen molar-refractivity contribution in [2.24, 2.45) is 0 Å². The van der Waals surface area contributed by atoms with Gasteiger partial charge < -0.3 is 19.8 Å². The van der Waals surface area contributed by atoms with Gasteiger partial charge in [-0.3, -0.25) is 4.79 Å². The summed E-state index contributed by atoms with van der Waals surface area (Å²) in [6.07, 6.45) is 1.72. The average Bonchev–Trinajstić information content (AvgIpc) is 2.56. The summed E-state index contributed by atoms with van der Waals surface area (Å²) in [4.78, 5) is 14.7. The molecule has 0 unspecified atom stereocenters. The van der Waals surface area contributed by atoms with Gasteiger partial charge >= 0.3 is 0 Å². The largest absolute Gasteiger partial charge is 0.483 e. The van der Waals surface area contributed by atoms with Gasteiger partial charge in [-0.25, -0.2) is 4.98 Å². The van der Waals surface area contributed by atoms with Crippen molar-refractivity contribution in [2.45, 2.75) is 20.1 Å². The number of ether oxygens (including phenoxy) is 1. The van der Waals surface area contributed by atoms with Crippen molar-refractivity contribution < 1.29 is 19.7 Å². The molecule has 0 saturated carbocycles. The summed E-state index contributed by atoms with van der Waals surface area (Å²) >= 11 is 0. The minimum absolute atomic E-state index is 0.00292. The normalized spacial score (nSPS) is 10.0. The molecule has 1 aromatic heterocycles. The molecule has 0 atom stereocenters. The van der Waals surface area contributed by atoms with Crippen LogP contribution in [0.15, 0.2) is 36.5 Å². The van der Waals surface area contributed by atoms with Crippen LogP contribution in [0.4, 0.5) is 0 Å². The third kappa shape index (κ3) is 5.64. The maximum Gasteiger partial charge on any atom is 0.290 e. The van der Waals surface area contributed by atoms with Crippen molar-refractivity contribution in [1.29, 1.82) is 0 Å². The van der Waals surface area contributed by atoms with Crippen molar-refractivity contribution in [2.75, 3.05) is 20.7 Å². The van der Waals surface area contributed by atoms with Gasteiger partial charge in [0.05, 0.1) is 13.2 Å². The Bertz CT molecular complexity index is 645. The number of hydrogen-bond acceptors (Lipinski definition) is 5. The second kappa shape index (κ2) is 10.4. The predicted molar refractivity (Wildman–Crippen MR) is 92.8 cm³/mol. The van der Waals surface area contributed by atoms with Crippen molar-refractivity contribution >= 4 is 6.47 Å². The van der Waals surface area contributed by atoms with Crippen LogP contribution >= 0.6 is 0 Å². The number of aliphatic hydroxyl groups excluding tert-OH is 1. The zero-order valence-electron chi connectivity index (χ0n) is 14.3. The molecule has 2 rings (SSSR count). The van der Waals surface area contributed by atoms with E-state index in [-0.39, 0.29) is 13.1 Å². The third-order valence-corrected chi connectivity index (χ3v) is 3.18. The van der Waals surface area contributed by atoms with Crippen LogP contribution in [-0.4, -0.2) is 47.3 Å². The van der Waals surface area contributed by atoms with E-state index in [1.165, 1.54) is 5.56 Å². The van der Waals surface area contributed by atoms with E-state index in [4.69, 9.17) is 14.6 Å². The molecule has 0 saturated heterocycles. The van der Waals surface area contributed by atoms with Crippen molar-refractivity contribution in [3.63, 3.8) is 0 Å². The minimum Gasteiger partial charge on any atom is -0.483 e. The monoisotopic (exact) mass is 332 g/mol. The lowest BCUT2D eigenvalue weighted by Gasteiger charge is -2.15. The Labute approximate surface area is 142 Å². The molecule has 1 aromatic carbocycles. The fourth-order valence-electron chi connectivity index (χ4n) is 2.35. The molecule has 0 amide bonds. The lowest BCUT2D eigenvalue weighted by molar-refractivity contribution is -0.122. The van der Waals surface area contributed by atoms with Crippen LogP contribution in [0, 0.1) is 0 Å². The Morgan fingerprint density at radius 2 is 1.96 bits per heavy atom. The van der Waals surface area contributed by atoms with Gasteiger partial charge in [-0.05, 0) is 49.8 Å². The SMILES string of the molecule is CCOc1ncccc1-c1ccc(CN(C)C)cc1CO.O=CO. The van der Waals surface area contributed by atoms with Gasteiger partial charge in [-0.15, -0.1) is 0 Å². The number of nitrogens with zero attached hydrogens (tertiary/aromatic N) is 2. The first kappa shape index (κ1) is 19.6. The average molecular weight is 332 g/mol. The molecule has 0 bridgehead atoms. The van der Waals surface area contributed by atoms with Gasteiger partial charge in [0, 0.05) is 18.3 Å². The number of aliphatic hydroxyl groups is 1. The van der Waals surface area contributed by atoms with E-state index in [0.717, 1.165) is 23.2 Å². The molecular weight excluding hydrogens is 308 g/mol. The van der Waals surface area contributed by atoms with Crippen molar-refractivity contribution in [3.8, 4) is 17.0 Å². The lowest BCUT2D eigenvalue weighted by atomic mass is 9.98. The molecule has 0 radical (unpaired) electrons. The third-order valence-electron chi connectivity index (χ3n) is 3.18. The molecule has 1 heterocycles. The summed E-state index contributed by atoms with van der Waals surface area (Å²) in [5, 5.41) is 16.6. The Kier molecular flexibility index (Phi) is 8.46. The Morgan fingerprint density at radius 1 is 1.25 bits per heavy atom. The van der Waals surface area contributed by atoms with E-state index < -0.39 is 0 Å². The predicted octanol–water partition coefficient (Wildman–Crippen LogP) is 2.40. The standard InChI is InChI=1S/C17H22N2O2.CH2O2/c1-4-21-17-16(6-5-9-18-17)15-8-7-13(11-19(2)3)10-14(15)12-20;2-1-3/h5-10,20H,4,11-12H2,1-3H3;1H,(H,2,3). The van der Waals surface area contributed by atoms with Crippen LogP contribution in [0.2, 0.25) is 0 Å². The number of hydrogen-bond donors (Lipinski definition) is 2. The summed E-state index contributed by atoms with van der Waals surface area (Å²) in [7, 11) is 4.06. The highest BCUT2D eigenvalue weighted by molar-refractivity contribution is 5.72. The van der Waals surface area contributed by atoms with E-state index in [2.05, 4.69) is 16.0 Å². The first-order valence-electron chi connectivity index (χ1n) is 7.60. The Balaban J connectivity index is 0.000000891. The van der Waals surface area contributed by atoms with Gasteiger partial charge in [0.1, 0.15) is 0 Å².